The fourth-order valence-electron chi connectivity index (χ4n) is 3.44. The van der Waals surface area contributed by atoms with Crippen LogP contribution in [-0.4, -0.2) is 31.6 Å². The van der Waals surface area contributed by atoms with Crippen molar-refractivity contribution < 1.29 is 0 Å². The van der Waals surface area contributed by atoms with Crippen LogP contribution < -0.4 is 16.0 Å². The monoisotopic (exact) mass is 492 g/mol. The molecule has 0 spiro atoms. The molecule has 1 aliphatic carbocycles. The number of nitrogens with two attached hydrogens (primary N) is 1. The van der Waals surface area contributed by atoms with Gasteiger partial charge in [-0.2, -0.15) is 0 Å². The van der Waals surface area contributed by atoms with E-state index in [4.69, 9.17) is 5.73 Å². The Morgan fingerprint density at radius 1 is 1.30 bits per heavy atom. The van der Waals surface area contributed by atoms with Gasteiger partial charge in [-0.15, -0.1) is 24.0 Å². The molecule has 1 aliphatic heterocycles. The number of hydrogen-bond acceptors (Lipinski definition) is 2. The Labute approximate surface area is 164 Å². The van der Waals surface area contributed by atoms with Crippen LogP contribution in [0.5, 0.6) is 0 Å². The molecule has 0 bridgehead atoms. The number of aliphatic imine (C=N–C) groups is 1. The van der Waals surface area contributed by atoms with E-state index in [0.29, 0.717) is 17.9 Å². The Morgan fingerprint density at radius 3 is 2.83 bits per heavy atom. The van der Waals surface area contributed by atoms with E-state index in [1.54, 1.807) is 0 Å². The highest BCUT2D eigenvalue weighted by Gasteiger charge is 2.23. The Morgan fingerprint density at radius 2 is 2.09 bits per heavy atom. The first kappa shape index (κ1) is 18.8. The van der Waals surface area contributed by atoms with E-state index in [9.17, 15) is 0 Å². The number of guanidine groups is 1. The lowest BCUT2D eigenvalue weighted by atomic mass is 10.1. The van der Waals surface area contributed by atoms with E-state index in [2.05, 4.69) is 55.4 Å². The molecular weight excluding hydrogens is 467 g/mol. The summed E-state index contributed by atoms with van der Waals surface area (Å²) in [5.74, 6) is 1.23. The van der Waals surface area contributed by atoms with Gasteiger partial charge in [-0.3, -0.25) is 4.99 Å². The summed E-state index contributed by atoms with van der Waals surface area (Å²) in [6.45, 7) is 3.00. The minimum Gasteiger partial charge on any atom is -0.371 e. The highest BCUT2D eigenvalue weighted by atomic mass is 127. The molecule has 1 saturated carbocycles. The predicted octanol–water partition coefficient (Wildman–Crippen LogP) is 3.74. The summed E-state index contributed by atoms with van der Waals surface area (Å²) in [4.78, 5) is 7.00. The first-order valence-corrected chi connectivity index (χ1v) is 9.07. The maximum atomic E-state index is 6.02. The molecule has 1 aromatic rings. The number of nitrogens with zero attached hydrogens (tertiary/aromatic N) is 2. The van der Waals surface area contributed by atoms with Crippen LogP contribution in [-0.2, 0) is 0 Å². The van der Waals surface area contributed by atoms with Crippen LogP contribution in [0.1, 0.15) is 32.1 Å². The summed E-state index contributed by atoms with van der Waals surface area (Å²) in [6, 6.07) is 9.06. The third kappa shape index (κ3) is 5.52. The molecule has 0 aromatic heterocycles. The van der Waals surface area contributed by atoms with Crippen LogP contribution in [0.4, 0.5) is 5.69 Å². The summed E-state index contributed by atoms with van der Waals surface area (Å²) in [6.07, 6.45) is 6.28. The molecule has 3 N–H and O–H groups in total. The van der Waals surface area contributed by atoms with Crippen molar-refractivity contribution in [1.29, 1.82) is 0 Å². The lowest BCUT2D eigenvalue weighted by Gasteiger charge is -2.18. The number of anilines is 1. The molecule has 0 amide bonds. The predicted molar refractivity (Wildman–Crippen MR) is 112 cm³/mol. The Hall–Kier alpha value is -0.500. The summed E-state index contributed by atoms with van der Waals surface area (Å²) in [7, 11) is 0. The molecule has 128 valence electrons. The standard InChI is InChI=1S/C17H25BrN4.HI/c18-14-4-3-7-16(10-14)22-9-8-13(12-22)11-20-17(19)21-15-5-1-2-6-15;/h3-4,7,10,13,15H,1-2,5-6,8-9,11-12H2,(H3,19,20,21);1H. The number of nitrogens with one attached hydrogen (secondary N) is 1. The second-order valence-corrected chi connectivity index (χ2v) is 7.35. The topological polar surface area (TPSA) is 53.6 Å². The molecule has 2 fully saturated rings. The van der Waals surface area contributed by atoms with Crippen molar-refractivity contribution in [2.24, 2.45) is 16.6 Å². The van der Waals surface area contributed by atoms with Gasteiger partial charge in [0.2, 0.25) is 0 Å². The van der Waals surface area contributed by atoms with Crippen LogP contribution in [0.15, 0.2) is 33.7 Å². The summed E-state index contributed by atoms with van der Waals surface area (Å²) in [5, 5.41) is 3.36. The third-order valence-corrected chi connectivity index (χ3v) is 5.18. The SMILES string of the molecule is I.NC(=NCC1CCN(c2cccc(Br)c2)C1)NC1CCCC1. The molecule has 1 saturated heterocycles. The van der Waals surface area contributed by atoms with Crippen molar-refractivity contribution in [3.8, 4) is 0 Å². The third-order valence-electron chi connectivity index (χ3n) is 4.69. The number of benzene rings is 1. The van der Waals surface area contributed by atoms with E-state index in [1.165, 1.54) is 37.8 Å². The molecule has 0 radical (unpaired) electrons. The van der Waals surface area contributed by atoms with Crippen molar-refractivity contribution in [2.45, 2.75) is 38.1 Å². The van der Waals surface area contributed by atoms with E-state index < -0.39 is 0 Å². The van der Waals surface area contributed by atoms with Gasteiger partial charge in [-0.1, -0.05) is 34.8 Å². The molecule has 23 heavy (non-hydrogen) atoms. The lowest BCUT2D eigenvalue weighted by molar-refractivity contribution is 0.590. The van der Waals surface area contributed by atoms with Gasteiger partial charge in [0.15, 0.2) is 5.96 Å². The molecule has 1 heterocycles. The van der Waals surface area contributed by atoms with Gasteiger partial charge in [-0.25, -0.2) is 0 Å². The zero-order valence-corrected chi connectivity index (χ0v) is 17.3. The largest absolute Gasteiger partial charge is 0.371 e. The average Bonchev–Trinajstić information content (AvgIpc) is 3.16. The maximum Gasteiger partial charge on any atom is 0.188 e. The summed E-state index contributed by atoms with van der Waals surface area (Å²) in [5.41, 5.74) is 7.31. The minimum atomic E-state index is 0. The first-order valence-electron chi connectivity index (χ1n) is 8.27. The number of halogens is 2. The van der Waals surface area contributed by atoms with Crippen LogP contribution in [0.25, 0.3) is 0 Å². The average molecular weight is 493 g/mol. The fraction of sp³-hybridized carbons (Fsp3) is 0.588. The Kier molecular flexibility index (Phi) is 7.46. The Balaban J connectivity index is 0.00000192. The second kappa shape index (κ2) is 9.11. The molecule has 1 unspecified atom stereocenters. The van der Waals surface area contributed by atoms with Crippen molar-refractivity contribution in [2.75, 3.05) is 24.5 Å². The van der Waals surface area contributed by atoms with Crippen LogP contribution in [0.2, 0.25) is 0 Å². The van der Waals surface area contributed by atoms with Gasteiger partial charge in [-0.05, 0) is 43.4 Å². The fourth-order valence-corrected chi connectivity index (χ4v) is 3.83. The normalized spacial score (nSPS) is 22.2. The zero-order chi connectivity index (χ0) is 15.4. The summed E-state index contributed by atoms with van der Waals surface area (Å²) < 4.78 is 1.14. The summed E-state index contributed by atoms with van der Waals surface area (Å²) >= 11 is 3.54. The smallest absolute Gasteiger partial charge is 0.188 e. The molecule has 1 atom stereocenters. The molecule has 4 nitrogen and oxygen atoms in total. The van der Waals surface area contributed by atoms with Gasteiger partial charge in [0.1, 0.15) is 0 Å². The molecule has 3 rings (SSSR count). The molecule has 6 heteroatoms. The first-order chi connectivity index (χ1) is 10.7. The quantitative estimate of drug-likeness (QED) is 0.382. The van der Waals surface area contributed by atoms with Gasteiger partial charge in [0, 0.05) is 35.8 Å². The van der Waals surface area contributed by atoms with Crippen LogP contribution in [0, 0.1) is 5.92 Å². The maximum absolute atomic E-state index is 6.02. The number of rotatable bonds is 4. The zero-order valence-electron chi connectivity index (χ0n) is 13.4. The van der Waals surface area contributed by atoms with Crippen molar-refractivity contribution in [1.82, 2.24) is 5.32 Å². The molecule has 1 aromatic carbocycles. The van der Waals surface area contributed by atoms with Gasteiger partial charge >= 0.3 is 0 Å². The van der Waals surface area contributed by atoms with E-state index in [-0.39, 0.29) is 24.0 Å². The minimum absolute atomic E-state index is 0. The van der Waals surface area contributed by atoms with Gasteiger partial charge in [0.25, 0.3) is 0 Å². The van der Waals surface area contributed by atoms with Crippen LogP contribution in [0.3, 0.4) is 0 Å². The van der Waals surface area contributed by atoms with Crippen LogP contribution >= 0.6 is 39.9 Å². The highest BCUT2D eigenvalue weighted by molar-refractivity contribution is 14.0. The van der Waals surface area contributed by atoms with E-state index >= 15 is 0 Å². The lowest BCUT2D eigenvalue weighted by Crippen LogP contribution is -2.38. The van der Waals surface area contributed by atoms with E-state index in [0.717, 1.165) is 24.1 Å². The second-order valence-electron chi connectivity index (χ2n) is 6.43. The highest BCUT2D eigenvalue weighted by Crippen LogP contribution is 2.26. The van der Waals surface area contributed by atoms with Crippen molar-refractivity contribution in [3.63, 3.8) is 0 Å². The number of hydrogen-bond donors (Lipinski definition) is 2. The van der Waals surface area contributed by atoms with Crippen molar-refractivity contribution >= 4 is 51.6 Å². The van der Waals surface area contributed by atoms with E-state index in [1.807, 2.05) is 0 Å². The van der Waals surface area contributed by atoms with Crippen molar-refractivity contribution in [3.05, 3.63) is 28.7 Å². The van der Waals surface area contributed by atoms with Gasteiger partial charge in [0.05, 0.1) is 0 Å². The van der Waals surface area contributed by atoms with Gasteiger partial charge < -0.3 is 16.0 Å². The molecular formula is C17H26BrIN4. The Bertz CT molecular complexity index is 531. The molecule has 2 aliphatic rings.